The number of hydrogen-bond donors (Lipinski definition) is 1. The molecule has 0 radical (unpaired) electrons. The van der Waals surface area contributed by atoms with Gasteiger partial charge in [0, 0.05) is 36.2 Å². The van der Waals surface area contributed by atoms with E-state index in [4.69, 9.17) is 17.0 Å². The zero-order valence-electron chi connectivity index (χ0n) is 15.5. The number of nitrogens with one attached hydrogen (secondary N) is 1. The summed E-state index contributed by atoms with van der Waals surface area (Å²) >= 11 is 5.36. The Bertz CT molecular complexity index is 996. The molecule has 0 aliphatic carbocycles. The first kappa shape index (κ1) is 18.3. The highest BCUT2D eigenvalue weighted by Crippen LogP contribution is 2.21. The summed E-state index contributed by atoms with van der Waals surface area (Å²) in [4.78, 5) is 0. The third kappa shape index (κ3) is 3.54. The van der Waals surface area contributed by atoms with Crippen molar-refractivity contribution < 1.29 is 4.74 Å². The lowest BCUT2D eigenvalue weighted by Crippen LogP contribution is -2.07. The molecule has 0 aliphatic rings. The van der Waals surface area contributed by atoms with Crippen LogP contribution in [-0.2, 0) is 11.3 Å². The number of methoxy groups -OCH3 is 1. The molecule has 1 aromatic carbocycles. The molecular weight excluding hydrogens is 346 g/mol. The Morgan fingerprint density at radius 3 is 2.77 bits per heavy atom. The molecule has 0 atom stereocenters. The van der Waals surface area contributed by atoms with E-state index in [0.717, 1.165) is 28.9 Å². The van der Waals surface area contributed by atoms with Gasteiger partial charge in [0.1, 0.15) is 0 Å². The van der Waals surface area contributed by atoms with Crippen molar-refractivity contribution in [2.45, 2.75) is 27.3 Å². The molecule has 0 fully saturated rings. The van der Waals surface area contributed by atoms with Gasteiger partial charge in [-0.2, -0.15) is 14.9 Å². The van der Waals surface area contributed by atoms with Crippen LogP contribution in [0.25, 0.3) is 11.4 Å². The maximum absolute atomic E-state index is 5.36. The Morgan fingerprint density at radius 1 is 1.27 bits per heavy atom. The summed E-state index contributed by atoms with van der Waals surface area (Å²) in [7, 11) is 1.71. The lowest BCUT2D eigenvalue weighted by Gasteiger charge is -2.08. The van der Waals surface area contributed by atoms with Crippen LogP contribution in [0, 0.1) is 25.5 Å². The molecular formula is C19H23N5OS. The van der Waals surface area contributed by atoms with E-state index in [9.17, 15) is 0 Å². The largest absolute Gasteiger partial charge is 0.383 e. The normalized spacial score (nSPS) is 11.5. The van der Waals surface area contributed by atoms with Gasteiger partial charge >= 0.3 is 0 Å². The van der Waals surface area contributed by atoms with Gasteiger partial charge in [-0.15, -0.1) is 0 Å². The summed E-state index contributed by atoms with van der Waals surface area (Å²) in [5.41, 5.74) is 5.50. The Labute approximate surface area is 158 Å². The van der Waals surface area contributed by atoms with E-state index in [1.165, 1.54) is 5.69 Å². The molecule has 7 heteroatoms. The monoisotopic (exact) mass is 369 g/mol. The van der Waals surface area contributed by atoms with Crippen LogP contribution in [0.2, 0.25) is 0 Å². The number of ether oxygens (including phenoxy) is 1. The zero-order valence-corrected chi connectivity index (χ0v) is 16.3. The number of H-pyrrole nitrogens is 1. The van der Waals surface area contributed by atoms with E-state index in [0.29, 0.717) is 17.2 Å². The summed E-state index contributed by atoms with van der Waals surface area (Å²) in [5, 5.41) is 11.8. The summed E-state index contributed by atoms with van der Waals surface area (Å²) in [6, 6.07) is 10.2. The van der Waals surface area contributed by atoms with E-state index < -0.39 is 0 Å². The summed E-state index contributed by atoms with van der Waals surface area (Å²) in [6.45, 7) is 7.71. The number of aryl methyl sites for hydroxylation is 2. The fraction of sp³-hybridized carbons (Fsp3) is 0.316. The highest BCUT2D eigenvalue weighted by atomic mass is 32.1. The number of benzene rings is 1. The third-order valence-electron chi connectivity index (χ3n) is 4.48. The first-order valence-electron chi connectivity index (χ1n) is 8.46. The fourth-order valence-corrected chi connectivity index (χ4v) is 3.18. The second-order valence-corrected chi connectivity index (χ2v) is 6.58. The Hall–Kier alpha value is -2.51. The van der Waals surface area contributed by atoms with Crippen LogP contribution in [0.4, 0.5) is 0 Å². The zero-order chi connectivity index (χ0) is 18.7. The molecule has 0 unspecified atom stereocenters. The van der Waals surface area contributed by atoms with Crippen LogP contribution in [0.1, 0.15) is 22.5 Å². The van der Waals surface area contributed by atoms with E-state index in [1.807, 2.05) is 37.4 Å². The van der Waals surface area contributed by atoms with Crippen molar-refractivity contribution >= 4 is 18.4 Å². The van der Waals surface area contributed by atoms with Crippen LogP contribution >= 0.6 is 12.2 Å². The van der Waals surface area contributed by atoms with Crippen molar-refractivity contribution in [1.82, 2.24) is 19.4 Å². The number of aromatic nitrogens is 4. The highest BCUT2D eigenvalue weighted by Gasteiger charge is 2.11. The standard InChI is InChI=1S/C19H23N5OS/c1-13-7-5-6-8-17(13)18-21-22-19(26)24(18)20-12-16-11-14(2)23(15(16)3)9-10-25-4/h5-8,11-12H,9-10H2,1-4H3,(H,22,26). The van der Waals surface area contributed by atoms with Gasteiger partial charge in [-0.3, -0.25) is 0 Å². The van der Waals surface area contributed by atoms with Crippen LogP contribution in [0.5, 0.6) is 0 Å². The Kier molecular flexibility index (Phi) is 5.49. The first-order valence-corrected chi connectivity index (χ1v) is 8.87. The van der Waals surface area contributed by atoms with Gasteiger partial charge in [0.15, 0.2) is 5.82 Å². The molecule has 6 nitrogen and oxygen atoms in total. The second kappa shape index (κ2) is 7.80. The third-order valence-corrected chi connectivity index (χ3v) is 4.74. The van der Waals surface area contributed by atoms with Gasteiger partial charge in [-0.25, -0.2) is 5.10 Å². The molecule has 136 valence electrons. The van der Waals surface area contributed by atoms with E-state index in [1.54, 1.807) is 11.8 Å². The Balaban J connectivity index is 1.97. The van der Waals surface area contributed by atoms with Crippen LogP contribution in [0.3, 0.4) is 0 Å². The van der Waals surface area contributed by atoms with Gasteiger partial charge in [0.25, 0.3) is 0 Å². The smallest absolute Gasteiger partial charge is 0.216 e. The molecule has 1 N–H and O–H groups in total. The van der Waals surface area contributed by atoms with Crippen molar-refractivity contribution in [3.8, 4) is 11.4 Å². The first-order chi connectivity index (χ1) is 12.5. The second-order valence-electron chi connectivity index (χ2n) is 6.19. The lowest BCUT2D eigenvalue weighted by molar-refractivity contribution is 0.186. The number of nitrogens with zero attached hydrogens (tertiary/aromatic N) is 4. The average Bonchev–Trinajstić information content (AvgIpc) is 3.11. The summed E-state index contributed by atoms with van der Waals surface area (Å²) in [6.07, 6.45) is 1.83. The maximum atomic E-state index is 5.36. The average molecular weight is 369 g/mol. The van der Waals surface area contributed by atoms with Crippen molar-refractivity contribution in [3.63, 3.8) is 0 Å². The van der Waals surface area contributed by atoms with Crippen molar-refractivity contribution in [3.05, 3.63) is 57.6 Å². The summed E-state index contributed by atoms with van der Waals surface area (Å²) in [5.74, 6) is 0.706. The quantitative estimate of drug-likeness (QED) is 0.530. The van der Waals surface area contributed by atoms with Crippen molar-refractivity contribution in [2.24, 2.45) is 5.10 Å². The molecule has 0 saturated heterocycles. The topological polar surface area (TPSA) is 60.1 Å². The molecule has 0 saturated carbocycles. The van der Waals surface area contributed by atoms with Crippen LogP contribution in [-0.4, -0.2) is 39.4 Å². The predicted octanol–water partition coefficient (Wildman–Crippen LogP) is 3.86. The molecule has 2 heterocycles. The molecule has 3 aromatic rings. The van der Waals surface area contributed by atoms with Crippen LogP contribution in [0.15, 0.2) is 35.4 Å². The van der Waals surface area contributed by atoms with Gasteiger partial charge in [0.2, 0.25) is 4.77 Å². The number of rotatable bonds is 6. The Morgan fingerprint density at radius 2 is 2.04 bits per heavy atom. The minimum absolute atomic E-state index is 0.465. The van der Waals surface area contributed by atoms with Crippen molar-refractivity contribution in [1.29, 1.82) is 0 Å². The van der Waals surface area contributed by atoms with Gasteiger partial charge in [-0.05, 0) is 44.6 Å². The lowest BCUT2D eigenvalue weighted by atomic mass is 10.1. The summed E-state index contributed by atoms with van der Waals surface area (Å²) < 4.78 is 9.55. The highest BCUT2D eigenvalue weighted by molar-refractivity contribution is 7.71. The van der Waals surface area contributed by atoms with Crippen LogP contribution < -0.4 is 0 Å². The molecule has 3 rings (SSSR count). The fourth-order valence-electron chi connectivity index (χ4n) is 3.00. The maximum Gasteiger partial charge on any atom is 0.216 e. The molecule has 0 bridgehead atoms. The van der Waals surface area contributed by atoms with E-state index >= 15 is 0 Å². The van der Waals surface area contributed by atoms with Crippen molar-refractivity contribution in [2.75, 3.05) is 13.7 Å². The van der Waals surface area contributed by atoms with Gasteiger partial charge in [0.05, 0.1) is 12.8 Å². The number of aromatic amines is 1. The molecule has 0 spiro atoms. The minimum Gasteiger partial charge on any atom is -0.383 e. The molecule has 26 heavy (non-hydrogen) atoms. The van der Waals surface area contributed by atoms with Gasteiger partial charge in [-0.1, -0.05) is 24.3 Å². The predicted molar refractivity (Wildman–Crippen MR) is 106 cm³/mol. The van der Waals surface area contributed by atoms with E-state index in [-0.39, 0.29) is 0 Å². The molecule has 0 aliphatic heterocycles. The molecule has 2 aromatic heterocycles. The van der Waals surface area contributed by atoms with Gasteiger partial charge < -0.3 is 9.30 Å². The SMILES string of the molecule is COCCn1c(C)cc(C=Nn2c(-c3ccccc3C)n[nH]c2=S)c1C. The van der Waals surface area contributed by atoms with E-state index in [2.05, 4.69) is 39.8 Å². The number of hydrogen-bond acceptors (Lipinski definition) is 4. The minimum atomic E-state index is 0.465. The molecule has 0 amide bonds.